The van der Waals surface area contributed by atoms with E-state index in [1.165, 1.54) is 12.3 Å². The zero-order valence-electron chi connectivity index (χ0n) is 12.6. The Kier molecular flexibility index (Phi) is 5.02. The number of nitro benzene ring substituents is 1. The second-order valence-electron chi connectivity index (χ2n) is 4.95. The number of ether oxygens (including phenoxy) is 1. The van der Waals surface area contributed by atoms with Gasteiger partial charge in [-0.05, 0) is 24.3 Å². The fourth-order valence-corrected chi connectivity index (χ4v) is 2.38. The minimum Gasteiger partial charge on any atom is -0.457 e. The highest BCUT2D eigenvalue weighted by Gasteiger charge is 2.13. The van der Waals surface area contributed by atoms with E-state index in [-0.39, 0.29) is 5.69 Å². The molecule has 0 aliphatic carbocycles. The summed E-state index contributed by atoms with van der Waals surface area (Å²) in [6.45, 7) is 0. The Morgan fingerprint density at radius 1 is 1.00 bits per heavy atom. The summed E-state index contributed by atoms with van der Waals surface area (Å²) in [5.41, 5.74) is 0.298. The van der Waals surface area contributed by atoms with Gasteiger partial charge in [0.05, 0.1) is 15.0 Å². The van der Waals surface area contributed by atoms with E-state index in [0.29, 0.717) is 33.0 Å². The number of rotatable bonds is 5. The minimum atomic E-state index is -0.460. The Morgan fingerprint density at radius 3 is 2.52 bits per heavy atom. The first-order valence-corrected chi connectivity index (χ1v) is 7.88. The van der Waals surface area contributed by atoms with Gasteiger partial charge in [-0.1, -0.05) is 35.3 Å². The number of halogens is 2. The van der Waals surface area contributed by atoms with Gasteiger partial charge >= 0.3 is 0 Å². The molecule has 1 aromatic heterocycles. The Hall–Kier alpha value is -2.83. The maximum absolute atomic E-state index is 11.1. The molecule has 0 fully saturated rings. The monoisotopic (exact) mass is 375 g/mol. The average Bonchev–Trinajstić information content (AvgIpc) is 2.59. The van der Waals surface area contributed by atoms with E-state index in [9.17, 15) is 10.1 Å². The molecule has 6 nitrogen and oxygen atoms in total. The van der Waals surface area contributed by atoms with Crippen molar-refractivity contribution in [1.82, 2.24) is 4.98 Å². The fourth-order valence-electron chi connectivity index (χ4n) is 2.10. The van der Waals surface area contributed by atoms with Crippen LogP contribution >= 0.6 is 23.2 Å². The number of para-hydroxylation sites is 2. The molecule has 1 N–H and O–H groups in total. The Labute approximate surface area is 153 Å². The summed E-state index contributed by atoms with van der Waals surface area (Å²) in [5, 5.41) is 14.8. The third-order valence-corrected chi connectivity index (χ3v) is 3.96. The third-order valence-electron chi connectivity index (χ3n) is 3.22. The van der Waals surface area contributed by atoms with Gasteiger partial charge in [0.25, 0.3) is 5.69 Å². The molecule has 3 rings (SSSR count). The van der Waals surface area contributed by atoms with Crippen LogP contribution < -0.4 is 10.1 Å². The van der Waals surface area contributed by atoms with Crippen LogP contribution in [0.5, 0.6) is 11.5 Å². The summed E-state index contributed by atoms with van der Waals surface area (Å²) in [5.74, 6) is 1.42. The average molecular weight is 376 g/mol. The lowest BCUT2D eigenvalue weighted by atomic mass is 10.2. The molecule has 2 aromatic carbocycles. The molecule has 0 saturated heterocycles. The molecule has 8 heteroatoms. The number of nitro groups is 1. The fraction of sp³-hybridized carbons (Fsp3) is 0. The number of aromatic nitrogens is 1. The van der Waals surface area contributed by atoms with Crippen LogP contribution in [0.25, 0.3) is 0 Å². The van der Waals surface area contributed by atoms with Crippen molar-refractivity contribution < 1.29 is 9.66 Å². The van der Waals surface area contributed by atoms with Crippen LogP contribution in [0.3, 0.4) is 0 Å². The first-order chi connectivity index (χ1) is 12.0. The molecule has 0 aliphatic rings. The van der Waals surface area contributed by atoms with Gasteiger partial charge in [-0.15, -0.1) is 0 Å². The van der Waals surface area contributed by atoms with Crippen LogP contribution in [0.1, 0.15) is 0 Å². The minimum absolute atomic E-state index is 0.0416. The van der Waals surface area contributed by atoms with E-state index in [0.717, 1.165) is 0 Å². The van der Waals surface area contributed by atoms with Crippen molar-refractivity contribution in [2.24, 2.45) is 0 Å². The normalized spacial score (nSPS) is 10.3. The van der Waals surface area contributed by atoms with Gasteiger partial charge in [0, 0.05) is 24.4 Å². The highest BCUT2D eigenvalue weighted by Crippen LogP contribution is 2.31. The number of nitrogens with zero attached hydrogens (tertiary/aromatic N) is 2. The standard InChI is InChI=1S/C17H11Cl2N3O3/c18-13-6-5-11(9-14(13)19)25-12-7-8-20-17(10-12)21-15-3-1-2-4-16(15)22(23)24/h1-10H,(H,20,21). The largest absolute Gasteiger partial charge is 0.457 e. The molecule has 1 heterocycles. The lowest BCUT2D eigenvalue weighted by Crippen LogP contribution is -1.98. The molecule has 0 aliphatic heterocycles. The summed E-state index contributed by atoms with van der Waals surface area (Å²) in [6, 6.07) is 14.5. The first-order valence-electron chi connectivity index (χ1n) is 7.12. The van der Waals surface area contributed by atoms with Gasteiger partial charge in [-0.2, -0.15) is 0 Å². The lowest BCUT2D eigenvalue weighted by molar-refractivity contribution is -0.383. The van der Waals surface area contributed by atoms with Crippen molar-refractivity contribution in [3.05, 3.63) is 81.0 Å². The van der Waals surface area contributed by atoms with Crippen molar-refractivity contribution in [2.45, 2.75) is 0 Å². The van der Waals surface area contributed by atoms with Crippen molar-refractivity contribution in [1.29, 1.82) is 0 Å². The van der Waals surface area contributed by atoms with E-state index in [1.54, 1.807) is 48.5 Å². The Balaban J connectivity index is 1.82. The molecule has 0 radical (unpaired) electrons. The van der Waals surface area contributed by atoms with E-state index in [4.69, 9.17) is 27.9 Å². The molecule has 3 aromatic rings. The van der Waals surface area contributed by atoms with Crippen LogP contribution in [-0.2, 0) is 0 Å². The topological polar surface area (TPSA) is 77.3 Å². The maximum Gasteiger partial charge on any atom is 0.292 e. The van der Waals surface area contributed by atoms with Crippen molar-refractivity contribution in [2.75, 3.05) is 5.32 Å². The molecule has 0 spiro atoms. The van der Waals surface area contributed by atoms with Crippen LogP contribution in [0.2, 0.25) is 10.0 Å². The van der Waals surface area contributed by atoms with Gasteiger partial charge in [0.2, 0.25) is 0 Å². The predicted octanol–water partition coefficient (Wildman–Crippen LogP) is 5.83. The SMILES string of the molecule is O=[N+]([O-])c1ccccc1Nc1cc(Oc2ccc(Cl)c(Cl)c2)ccn1. The van der Waals surface area contributed by atoms with Crippen molar-refractivity contribution >= 4 is 40.4 Å². The van der Waals surface area contributed by atoms with Gasteiger partial charge in [-0.25, -0.2) is 4.98 Å². The second-order valence-corrected chi connectivity index (χ2v) is 5.77. The van der Waals surface area contributed by atoms with Crippen LogP contribution in [-0.4, -0.2) is 9.91 Å². The molecule has 0 unspecified atom stereocenters. The summed E-state index contributed by atoms with van der Waals surface area (Å²) < 4.78 is 5.71. The number of pyridine rings is 1. The zero-order valence-corrected chi connectivity index (χ0v) is 14.2. The van der Waals surface area contributed by atoms with E-state index < -0.39 is 4.92 Å². The number of benzene rings is 2. The number of nitrogens with one attached hydrogen (secondary N) is 1. The molecule has 126 valence electrons. The van der Waals surface area contributed by atoms with Crippen LogP contribution in [0, 0.1) is 10.1 Å². The maximum atomic E-state index is 11.1. The van der Waals surface area contributed by atoms with Crippen molar-refractivity contribution in [3.8, 4) is 11.5 Å². The van der Waals surface area contributed by atoms with Gasteiger partial charge in [0.15, 0.2) is 0 Å². The third kappa shape index (κ3) is 4.17. The van der Waals surface area contributed by atoms with E-state index in [2.05, 4.69) is 10.3 Å². The predicted molar refractivity (Wildman–Crippen MR) is 97.2 cm³/mol. The molecule has 25 heavy (non-hydrogen) atoms. The van der Waals surface area contributed by atoms with Crippen LogP contribution in [0.15, 0.2) is 60.8 Å². The van der Waals surface area contributed by atoms with Gasteiger partial charge in [-0.3, -0.25) is 10.1 Å². The van der Waals surface area contributed by atoms with Gasteiger partial charge < -0.3 is 10.1 Å². The highest BCUT2D eigenvalue weighted by atomic mass is 35.5. The molecule has 0 saturated carbocycles. The summed E-state index contributed by atoms with van der Waals surface area (Å²) >= 11 is 11.8. The van der Waals surface area contributed by atoms with E-state index in [1.807, 2.05) is 0 Å². The van der Waals surface area contributed by atoms with Gasteiger partial charge in [0.1, 0.15) is 23.0 Å². The summed E-state index contributed by atoms with van der Waals surface area (Å²) in [7, 11) is 0. The smallest absolute Gasteiger partial charge is 0.292 e. The van der Waals surface area contributed by atoms with Crippen molar-refractivity contribution in [3.63, 3.8) is 0 Å². The molecular formula is C17H11Cl2N3O3. The Bertz CT molecular complexity index is 935. The molecule has 0 amide bonds. The Morgan fingerprint density at radius 2 is 1.76 bits per heavy atom. The summed E-state index contributed by atoms with van der Waals surface area (Å²) in [4.78, 5) is 14.8. The van der Waals surface area contributed by atoms with E-state index >= 15 is 0 Å². The second kappa shape index (κ2) is 7.38. The lowest BCUT2D eigenvalue weighted by Gasteiger charge is -2.09. The zero-order chi connectivity index (χ0) is 17.8. The number of anilines is 2. The molecule has 0 bridgehead atoms. The summed E-state index contributed by atoms with van der Waals surface area (Å²) in [6.07, 6.45) is 1.53. The number of hydrogen-bond acceptors (Lipinski definition) is 5. The molecular weight excluding hydrogens is 365 g/mol. The highest BCUT2D eigenvalue weighted by molar-refractivity contribution is 6.42. The first kappa shape index (κ1) is 17.0. The quantitative estimate of drug-likeness (QED) is 0.448. The number of hydrogen-bond donors (Lipinski definition) is 1. The van der Waals surface area contributed by atoms with Crippen LogP contribution in [0.4, 0.5) is 17.2 Å². The molecule has 0 atom stereocenters.